The van der Waals surface area contributed by atoms with Crippen LogP contribution in [0.25, 0.3) is 5.69 Å². The summed E-state index contributed by atoms with van der Waals surface area (Å²) < 4.78 is 1.78. The van der Waals surface area contributed by atoms with Crippen molar-refractivity contribution in [2.75, 3.05) is 18.4 Å². The Morgan fingerprint density at radius 3 is 2.24 bits per heavy atom. The summed E-state index contributed by atoms with van der Waals surface area (Å²) in [5.41, 5.74) is 2.79. The van der Waals surface area contributed by atoms with Crippen molar-refractivity contribution in [3.05, 3.63) is 41.6 Å². The number of nitrogens with one attached hydrogen (secondary N) is 1. The number of rotatable bonds is 13. The molecule has 34 heavy (non-hydrogen) atoms. The first kappa shape index (κ1) is 27.6. The van der Waals surface area contributed by atoms with Gasteiger partial charge in [-0.15, -0.1) is 0 Å². The number of aromatic nitrogens is 2. The van der Waals surface area contributed by atoms with E-state index in [1.165, 1.54) is 25.7 Å². The molecule has 1 heterocycles. The Kier molecular flexibility index (Phi) is 10.8. The summed E-state index contributed by atoms with van der Waals surface area (Å²) in [5.74, 6) is 0.493. The highest BCUT2D eigenvalue weighted by Gasteiger charge is 2.23. The van der Waals surface area contributed by atoms with Gasteiger partial charge < -0.3 is 10.2 Å². The maximum absolute atomic E-state index is 13.0. The van der Waals surface area contributed by atoms with Gasteiger partial charge >= 0.3 is 0 Å². The number of carbonyl (C=O) groups excluding carboxylic acids is 2. The van der Waals surface area contributed by atoms with E-state index in [4.69, 9.17) is 5.10 Å². The van der Waals surface area contributed by atoms with Crippen molar-refractivity contribution in [3.8, 4) is 5.69 Å². The number of hydrogen-bond acceptors (Lipinski definition) is 3. The second kappa shape index (κ2) is 13.3. The van der Waals surface area contributed by atoms with Gasteiger partial charge in [-0.2, -0.15) is 5.10 Å². The maximum Gasteiger partial charge on any atom is 0.245 e. The van der Waals surface area contributed by atoms with Crippen LogP contribution in [-0.4, -0.2) is 39.6 Å². The number of aryl methyl sites for hydroxylation is 1. The van der Waals surface area contributed by atoms with Crippen LogP contribution in [0.2, 0.25) is 0 Å². The minimum absolute atomic E-state index is 0.0619. The maximum atomic E-state index is 13.0. The summed E-state index contributed by atoms with van der Waals surface area (Å²) in [6.45, 7) is 13.2. The molecule has 6 heteroatoms. The van der Waals surface area contributed by atoms with Gasteiger partial charge in [-0.1, -0.05) is 84.4 Å². The molecule has 0 aliphatic heterocycles. The molecule has 0 bridgehead atoms. The van der Waals surface area contributed by atoms with E-state index in [-0.39, 0.29) is 23.8 Å². The van der Waals surface area contributed by atoms with Crippen LogP contribution in [0.15, 0.2) is 30.3 Å². The molecular formula is C28H44N4O2. The Morgan fingerprint density at radius 2 is 1.62 bits per heavy atom. The molecule has 0 fully saturated rings. The molecule has 1 N–H and O–H groups in total. The molecule has 2 rings (SSSR count). The topological polar surface area (TPSA) is 67.2 Å². The van der Waals surface area contributed by atoms with Gasteiger partial charge in [0.1, 0.15) is 5.82 Å². The van der Waals surface area contributed by atoms with Crippen LogP contribution in [0.1, 0.15) is 97.2 Å². The van der Waals surface area contributed by atoms with Crippen LogP contribution in [0.5, 0.6) is 0 Å². The van der Waals surface area contributed by atoms with Crippen LogP contribution in [0, 0.1) is 6.92 Å². The van der Waals surface area contributed by atoms with Crippen molar-refractivity contribution in [3.63, 3.8) is 0 Å². The molecule has 0 saturated heterocycles. The minimum atomic E-state index is -0.196. The molecule has 0 aliphatic rings. The van der Waals surface area contributed by atoms with Gasteiger partial charge in [-0.3, -0.25) is 9.59 Å². The summed E-state index contributed by atoms with van der Waals surface area (Å²) in [6, 6.07) is 9.99. The summed E-state index contributed by atoms with van der Waals surface area (Å²) in [4.78, 5) is 27.5. The van der Waals surface area contributed by atoms with Gasteiger partial charge in [0, 0.05) is 24.4 Å². The van der Waals surface area contributed by atoms with Crippen LogP contribution in [-0.2, 0) is 15.0 Å². The summed E-state index contributed by atoms with van der Waals surface area (Å²) in [7, 11) is 0. The Labute approximate surface area is 206 Å². The quantitative estimate of drug-likeness (QED) is 0.346. The van der Waals surface area contributed by atoms with Gasteiger partial charge in [-0.25, -0.2) is 4.68 Å². The van der Waals surface area contributed by atoms with E-state index in [1.54, 1.807) is 9.58 Å². The molecule has 6 nitrogen and oxygen atoms in total. The van der Waals surface area contributed by atoms with Crippen molar-refractivity contribution in [2.45, 2.75) is 98.3 Å². The number of carbonyl (C=O) groups is 2. The van der Waals surface area contributed by atoms with Crippen LogP contribution in [0.4, 0.5) is 5.82 Å². The number of benzene rings is 1. The molecule has 0 atom stereocenters. The average Bonchev–Trinajstić information content (AvgIpc) is 3.20. The molecule has 1 aromatic carbocycles. The van der Waals surface area contributed by atoms with Crippen molar-refractivity contribution in [2.24, 2.45) is 0 Å². The molecular weight excluding hydrogens is 424 g/mol. The van der Waals surface area contributed by atoms with Gasteiger partial charge in [0.25, 0.3) is 0 Å². The van der Waals surface area contributed by atoms with E-state index < -0.39 is 0 Å². The van der Waals surface area contributed by atoms with E-state index in [9.17, 15) is 9.59 Å². The van der Waals surface area contributed by atoms with E-state index in [1.807, 2.05) is 44.2 Å². The summed E-state index contributed by atoms with van der Waals surface area (Å²) >= 11 is 0. The SMILES string of the molecule is CCCCCCCCC(=O)N(CCC)CC(=O)Nc1cc(C(C)(C)C)nn1-c1ccc(C)cc1. The van der Waals surface area contributed by atoms with Crippen molar-refractivity contribution in [1.82, 2.24) is 14.7 Å². The van der Waals surface area contributed by atoms with Crippen LogP contribution in [0.3, 0.4) is 0 Å². The molecule has 2 aromatic rings. The fourth-order valence-corrected chi connectivity index (χ4v) is 3.85. The third kappa shape index (κ3) is 8.62. The summed E-state index contributed by atoms with van der Waals surface area (Å²) in [5, 5.41) is 7.80. The second-order valence-corrected chi connectivity index (χ2v) is 10.3. The second-order valence-electron chi connectivity index (χ2n) is 10.3. The number of anilines is 1. The lowest BCUT2D eigenvalue weighted by Crippen LogP contribution is -2.38. The van der Waals surface area contributed by atoms with Gasteiger partial charge in [0.15, 0.2) is 0 Å². The Balaban J connectivity index is 2.08. The third-order valence-electron chi connectivity index (χ3n) is 5.95. The highest BCUT2D eigenvalue weighted by molar-refractivity contribution is 5.94. The van der Waals surface area contributed by atoms with E-state index in [0.717, 1.165) is 36.2 Å². The Hall–Kier alpha value is -2.63. The number of nitrogens with zero attached hydrogens (tertiary/aromatic N) is 3. The highest BCUT2D eigenvalue weighted by Crippen LogP contribution is 2.26. The fourth-order valence-electron chi connectivity index (χ4n) is 3.85. The van der Waals surface area contributed by atoms with Crippen LogP contribution >= 0.6 is 0 Å². The molecule has 0 aliphatic carbocycles. The first-order valence-corrected chi connectivity index (χ1v) is 12.9. The summed E-state index contributed by atoms with van der Waals surface area (Å²) in [6.07, 6.45) is 8.18. The lowest BCUT2D eigenvalue weighted by Gasteiger charge is -2.22. The predicted molar refractivity (Wildman–Crippen MR) is 140 cm³/mol. The molecule has 0 radical (unpaired) electrons. The first-order chi connectivity index (χ1) is 16.2. The minimum Gasteiger partial charge on any atom is -0.333 e. The van der Waals surface area contributed by atoms with Crippen molar-refractivity contribution in [1.29, 1.82) is 0 Å². The number of amides is 2. The largest absolute Gasteiger partial charge is 0.333 e. The molecule has 188 valence electrons. The molecule has 2 amide bonds. The highest BCUT2D eigenvalue weighted by atomic mass is 16.2. The first-order valence-electron chi connectivity index (χ1n) is 12.9. The Bertz CT molecular complexity index is 909. The van der Waals surface area contributed by atoms with Gasteiger partial charge in [0.05, 0.1) is 17.9 Å². The smallest absolute Gasteiger partial charge is 0.245 e. The number of unbranched alkanes of at least 4 members (excludes halogenated alkanes) is 5. The zero-order chi connectivity index (χ0) is 25.1. The lowest BCUT2D eigenvalue weighted by atomic mass is 9.92. The van der Waals surface area contributed by atoms with Crippen molar-refractivity contribution >= 4 is 17.6 Å². The predicted octanol–water partition coefficient (Wildman–Crippen LogP) is 6.41. The average molecular weight is 469 g/mol. The number of hydrogen-bond donors (Lipinski definition) is 1. The Morgan fingerprint density at radius 1 is 0.971 bits per heavy atom. The third-order valence-corrected chi connectivity index (χ3v) is 5.95. The van der Waals surface area contributed by atoms with Gasteiger partial charge in [-0.05, 0) is 31.9 Å². The van der Waals surface area contributed by atoms with E-state index in [2.05, 4.69) is 33.0 Å². The zero-order valence-electron chi connectivity index (χ0n) is 22.1. The standard InChI is InChI=1S/C28H44N4O2/c1-7-9-10-11-12-13-14-27(34)31(19-8-2)21-26(33)29-25-20-24(28(4,5)6)30-32(25)23-17-15-22(3)16-18-23/h15-18,20H,7-14,19,21H2,1-6H3,(H,29,33). The molecule has 1 aromatic heterocycles. The van der Waals surface area contributed by atoms with E-state index in [0.29, 0.717) is 18.8 Å². The normalized spacial score (nSPS) is 11.5. The monoisotopic (exact) mass is 468 g/mol. The molecule has 0 unspecified atom stereocenters. The molecule has 0 saturated carbocycles. The van der Waals surface area contributed by atoms with Crippen LogP contribution < -0.4 is 5.32 Å². The van der Waals surface area contributed by atoms with Gasteiger partial charge in [0.2, 0.25) is 11.8 Å². The fraction of sp³-hybridized carbons (Fsp3) is 0.607. The zero-order valence-corrected chi connectivity index (χ0v) is 22.1. The molecule has 0 spiro atoms. The lowest BCUT2D eigenvalue weighted by molar-refractivity contribution is -0.134. The van der Waals surface area contributed by atoms with Crippen molar-refractivity contribution < 1.29 is 9.59 Å². The van der Waals surface area contributed by atoms with E-state index >= 15 is 0 Å².